The number of ether oxygens (including phenoxy) is 3. The van der Waals surface area contributed by atoms with Crippen molar-refractivity contribution in [2.24, 2.45) is 4.99 Å². The first-order valence-electron chi connectivity index (χ1n) is 11.3. The molecule has 0 radical (unpaired) electrons. The molecule has 35 heavy (non-hydrogen) atoms. The lowest BCUT2D eigenvalue weighted by Gasteiger charge is -2.22. The molecular weight excluding hydrogens is 438 g/mol. The van der Waals surface area contributed by atoms with Gasteiger partial charge in [0, 0.05) is 5.56 Å². The van der Waals surface area contributed by atoms with E-state index in [2.05, 4.69) is 51.4 Å². The lowest BCUT2D eigenvalue weighted by atomic mass is 10.0. The molecule has 0 aliphatic carbocycles. The van der Waals surface area contributed by atoms with Crippen molar-refractivity contribution < 1.29 is 14.2 Å². The highest BCUT2D eigenvalue weighted by molar-refractivity contribution is 5.77. The molecule has 3 aromatic carbocycles. The van der Waals surface area contributed by atoms with Gasteiger partial charge in [0.15, 0.2) is 11.9 Å². The second kappa shape index (κ2) is 9.81. The van der Waals surface area contributed by atoms with Crippen molar-refractivity contribution in [3.63, 3.8) is 0 Å². The zero-order valence-corrected chi connectivity index (χ0v) is 19.8. The van der Waals surface area contributed by atoms with Gasteiger partial charge >= 0.3 is 0 Å². The highest BCUT2D eigenvalue weighted by atomic mass is 16.5. The summed E-state index contributed by atoms with van der Waals surface area (Å²) in [5.74, 6) is 2.30. The zero-order chi connectivity index (χ0) is 24.2. The lowest BCUT2D eigenvalue weighted by Crippen LogP contribution is -2.12. The molecule has 2 heterocycles. The first-order valence-corrected chi connectivity index (χ1v) is 11.3. The van der Waals surface area contributed by atoms with Crippen LogP contribution in [0.5, 0.6) is 17.5 Å². The number of aryl methyl sites for hydroxylation is 1. The number of aliphatic imine (C=N–C) groups is 1. The summed E-state index contributed by atoms with van der Waals surface area (Å²) in [6.07, 6.45) is 5.83. The summed E-state index contributed by atoms with van der Waals surface area (Å²) in [5.41, 5.74) is 6.14. The minimum atomic E-state index is -0.188. The summed E-state index contributed by atoms with van der Waals surface area (Å²) in [7, 11) is 3.14. The summed E-state index contributed by atoms with van der Waals surface area (Å²) in [6.45, 7) is 2.04. The molecule has 5 rings (SSSR count). The zero-order valence-electron chi connectivity index (χ0n) is 19.8. The minimum Gasteiger partial charge on any atom is -0.481 e. The van der Waals surface area contributed by atoms with Crippen LogP contribution in [0.4, 0.5) is 5.69 Å². The van der Waals surface area contributed by atoms with E-state index < -0.39 is 0 Å². The molecule has 1 aromatic heterocycles. The predicted molar refractivity (Wildman–Crippen MR) is 139 cm³/mol. The van der Waals surface area contributed by atoms with Gasteiger partial charge < -0.3 is 14.2 Å². The Balaban J connectivity index is 1.27. The van der Waals surface area contributed by atoms with Gasteiger partial charge in [0.1, 0.15) is 11.4 Å². The number of methoxy groups -OCH3 is 2. The first-order chi connectivity index (χ1) is 17.1. The Morgan fingerprint density at radius 1 is 0.800 bits per heavy atom. The van der Waals surface area contributed by atoms with Gasteiger partial charge in [-0.15, -0.1) is 0 Å². The second-order valence-electron chi connectivity index (χ2n) is 8.14. The van der Waals surface area contributed by atoms with E-state index in [0.29, 0.717) is 17.6 Å². The Morgan fingerprint density at radius 3 is 2.06 bits per heavy atom. The van der Waals surface area contributed by atoms with E-state index in [4.69, 9.17) is 14.2 Å². The van der Waals surface area contributed by atoms with Gasteiger partial charge in [-0.25, -0.2) is 0 Å². The minimum absolute atomic E-state index is 0.188. The van der Waals surface area contributed by atoms with Crippen LogP contribution in [-0.2, 0) is 0 Å². The average molecular weight is 464 g/mol. The normalized spacial score (nSPS) is 14.4. The summed E-state index contributed by atoms with van der Waals surface area (Å²) in [6, 6.07) is 24.0. The highest BCUT2D eigenvalue weighted by Gasteiger charge is 2.18. The topological polar surface area (TPSA) is 65.8 Å². The van der Waals surface area contributed by atoms with Crippen LogP contribution in [-0.4, -0.2) is 30.4 Å². The van der Waals surface area contributed by atoms with E-state index >= 15 is 0 Å². The summed E-state index contributed by atoms with van der Waals surface area (Å²) in [4.78, 5) is 13.4. The molecule has 0 saturated heterocycles. The SMILES string of the molecule is COc1cc(OC)nc(-c2ccc(C=Cc3ccc(C4C=Nc5c(C)cccc5O4)cc3)cc2)n1. The Bertz CT molecular complexity index is 1370. The number of hydrogen-bond acceptors (Lipinski definition) is 6. The third-order valence-corrected chi connectivity index (χ3v) is 5.79. The molecular formula is C29H25N3O3. The van der Waals surface area contributed by atoms with E-state index in [0.717, 1.165) is 39.3 Å². The van der Waals surface area contributed by atoms with Crippen LogP contribution in [0.25, 0.3) is 23.5 Å². The lowest BCUT2D eigenvalue weighted by molar-refractivity contribution is 0.274. The predicted octanol–water partition coefficient (Wildman–Crippen LogP) is 6.48. The number of benzene rings is 3. The number of aromatic nitrogens is 2. The molecule has 0 bridgehead atoms. The standard InChI is InChI=1S/C29H25N3O3/c1-19-5-4-6-24-28(19)30-18-25(35-24)22-13-9-20(10-14-22)7-8-21-11-15-23(16-12-21)29-31-26(33-2)17-27(32-29)34-3/h4-18,25H,1-3H3. The van der Waals surface area contributed by atoms with Gasteiger partial charge in [-0.1, -0.05) is 72.8 Å². The molecule has 0 amide bonds. The molecule has 4 aromatic rings. The van der Waals surface area contributed by atoms with Crippen molar-refractivity contribution in [2.75, 3.05) is 14.2 Å². The van der Waals surface area contributed by atoms with Gasteiger partial charge in [0.25, 0.3) is 0 Å². The maximum Gasteiger partial charge on any atom is 0.220 e. The van der Waals surface area contributed by atoms with Crippen LogP contribution in [0.3, 0.4) is 0 Å². The van der Waals surface area contributed by atoms with Crippen LogP contribution in [0.2, 0.25) is 0 Å². The van der Waals surface area contributed by atoms with E-state index in [1.807, 2.05) is 55.6 Å². The van der Waals surface area contributed by atoms with Gasteiger partial charge in [0.05, 0.1) is 26.5 Å². The Labute approximate surface area is 204 Å². The molecule has 1 aliphatic rings. The average Bonchev–Trinajstić information content (AvgIpc) is 2.92. The van der Waals surface area contributed by atoms with Gasteiger partial charge in [-0.05, 0) is 35.2 Å². The van der Waals surface area contributed by atoms with Crippen LogP contribution >= 0.6 is 0 Å². The van der Waals surface area contributed by atoms with Crippen LogP contribution in [0.1, 0.15) is 28.4 Å². The molecule has 1 unspecified atom stereocenters. The molecule has 0 N–H and O–H groups in total. The van der Waals surface area contributed by atoms with Crippen molar-refractivity contribution in [1.82, 2.24) is 9.97 Å². The van der Waals surface area contributed by atoms with E-state index in [1.54, 1.807) is 20.3 Å². The molecule has 6 heteroatoms. The van der Waals surface area contributed by atoms with E-state index in [9.17, 15) is 0 Å². The Hall–Kier alpha value is -4.45. The van der Waals surface area contributed by atoms with Gasteiger partial charge in [-0.3, -0.25) is 4.99 Å². The molecule has 174 valence electrons. The van der Waals surface area contributed by atoms with Crippen molar-refractivity contribution in [3.8, 4) is 28.9 Å². The summed E-state index contributed by atoms with van der Waals surface area (Å²) >= 11 is 0. The maximum atomic E-state index is 6.15. The fraction of sp³-hybridized carbons (Fsp3) is 0.138. The fourth-order valence-corrected chi connectivity index (χ4v) is 3.83. The van der Waals surface area contributed by atoms with Crippen molar-refractivity contribution in [1.29, 1.82) is 0 Å². The molecule has 1 aliphatic heterocycles. The third-order valence-electron chi connectivity index (χ3n) is 5.79. The number of hydrogen-bond donors (Lipinski definition) is 0. The number of para-hydroxylation sites is 1. The monoisotopic (exact) mass is 463 g/mol. The first kappa shape index (κ1) is 22.3. The van der Waals surface area contributed by atoms with Gasteiger partial charge in [-0.2, -0.15) is 9.97 Å². The van der Waals surface area contributed by atoms with Crippen LogP contribution < -0.4 is 14.2 Å². The van der Waals surface area contributed by atoms with Crippen molar-refractivity contribution in [3.05, 3.63) is 95.1 Å². The second-order valence-corrected chi connectivity index (χ2v) is 8.14. The van der Waals surface area contributed by atoms with Crippen molar-refractivity contribution >= 4 is 24.1 Å². The quantitative estimate of drug-likeness (QED) is 0.306. The summed E-state index contributed by atoms with van der Waals surface area (Å²) in [5, 5.41) is 0. The maximum absolute atomic E-state index is 6.15. The summed E-state index contributed by atoms with van der Waals surface area (Å²) < 4.78 is 16.6. The van der Waals surface area contributed by atoms with Gasteiger partial charge in [0.2, 0.25) is 11.8 Å². The number of fused-ring (bicyclic) bond motifs is 1. The third kappa shape index (κ3) is 4.92. The Kier molecular flexibility index (Phi) is 6.26. The highest BCUT2D eigenvalue weighted by Crippen LogP contribution is 2.37. The van der Waals surface area contributed by atoms with Crippen LogP contribution in [0, 0.1) is 6.92 Å². The van der Waals surface area contributed by atoms with E-state index in [-0.39, 0.29) is 6.10 Å². The number of rotatable bonds is 6. The smallest absolute Gasteiger partial charge is 0.220 e. The van der Waals surface area contributed by atoms with E-state index in [1.165, 1.54) is 0 Å². The largest absolute Gasteiger partial charge is 0.481 e. The molecule has 6 nitrogen and oxygen atoms in total. The Morgan fingerprint density at radius 2 is 1.43 bits per heavy atom. The number of nitrogens with zero attached hydrogens (tertiary/aromatic N) is 3. The molecule has 0 fully saturated rings. The molecule has 0 saturated carbocycles. The molecule has 1 atom stereocenters. The van der Waals surface area contributed by atoms with Crippen LogP contribution in [0.15, 0.2) is 77.8 Å². The molecule has 0 spiro atoms. The fourth-order valence-electron chi connectivity index (χ4n) is 3.83. The van der Waals surface area contributed by atoms with Crippen molar-refractivity contribution in [2.45, 2.75) is 13.0 Å².